The molecule has 5 rings (SSSR count). The lowest BCUT2D eigenvalue weighted by atomic mass is 10.0. The minimum Gasteiger partial charge on any atom is -0.495 e. The monoisotopic (exact) mass is 444 g/mol. The number of benzene rings is 2. The Hall–Kier alpha value is -3.71. The van der Waals surface area contributed by atoms with E-state index in [9.17, 15) is 4.39 Å². The zero-order valence-electron chi connectivity index (χ0n) is 17.4. The van der Waals surface area contributed by atoms with Gasteiger partial charge in [0, 0.05) is 18.1 Å². The first-order valence-corrected chi connectivity index (χ1v) is 10.7. The summed E-state index contributed by atoms with van der Waals surface area (Å²) in [5.74, 6) is 0.407. The highest BCUT2D eigenvalue weighted by atomic mass is 32.1. The molecule has 2 aromatic heterocycles. The third-order valence-electron chi connectivity index (χ3n) is 5.64. The van der Waals surface area contributed by atoms with E-state index in [0.29, 0.717) is 16.5 Å². The molecule has 4 aromatic rings. The van der Waals surface area contributed by atoms with Crippen molar-refractivity contribution in [3.8, 4) is 11.4 Å². The molecule has 3 heterocycles. The quantitative estimate of drug-likeness (QED) is 0.429. The van der Waals surface area contributed by atoms with Crippen molar-refractivity contribution < 1.29 is 9.13 Å². The summed E-state index contributed by atoms with van der Waals surface area (Å²) in [6.45, 7) is 0. The number of thiocarbonyl (C=S) groups is 1. The fraction of sp³-hybridized carbons (Fsp3) is 0.120. The lowest BCUT2D eigenvalue weighted by Gasteiger charge is -2.30. The molecular formula is C25H21FN4OS. The van der Waals surface area contributed by atoms with Crippen molar-refractivity contribution in [1.82, 2.24) is 14.9 Å². The van der Waals surface area contributed by atoms with E-state index in [0.717, 1.165) is 17.1 Å². The van der Waals surface area contributed by atoms with Gasteiger partial charge in [-0.25, -0.2) is 4.39 Å². The first-order valence-electron chi connectivity index (χ1n) is 10.2. The van der Waals surface area contributed by atoms with Gasteiger partial charge < -0.3 is 19.5 Å². The minimum absolute atomic E-state index is 0.242. The highest BCUT2D eigenvalue weighted by Gasteiger charge is 2.43. The topological polar surface area (TPSA) is 42.3 Å². The zero-order chi connectivity index (χ0) is 22.1. The number of methoxy groups -OCH3 is 1. The summed E-state index contributed by atoms with van der Waals surface area (Å²) in [6, 6.07) is 23.7. The third-order valence-corrected chi connectivity index (χ3v) is 5.95. The van der Waals surface area contributed by atoms with E-state index in [1.165, 1.54) is 6.07 Å². The van der Waals surface area contributed by atoms with Crippen LogP contribution in [-0.4, -0.2) is 21.8 Å². The third kappa shape index (κ3) is 3.40. The number of aromatic nitrogens is 2. The lowest BCUT2D eigenvalue weighted by Crippen LogP contribution is -2.30. The van der Waals surface area contributed by atoms with Crippen LogP contribution in [0.4, 0.5) is 10.1 Å². The molecule has 1 aliphatic heterocycles. The summed E-state index contributed by atoms with van der Waals surface area (Å²) in [6.07, 6.45) is 3.63. The Morgan fingerprint density at radius 2 is 1.69 bits per heavy atom. The van der Waals surface area contributed by atoms with Gasteiger partial charge in [-0.1, -0.05) is 30.3 Å². The van der Waals surface area contributed by atoms with Gasteiger partial charge in [0.15, 0.2) is 5.11 Å². The molecule has 1 saturated heterocycles. The first-order chi connectivity index (χ1) is 15.7. The van der Waals surface area contributed by atoms with E-state index in [1.54, 1.807) is 25.4 Å². The van der Waals surface area contributed by atoms with Crippen LogP contribution in [0.3, 0.4) is 0 Å². The number of hydrogen-bond acceptors (Lipinski definition) is 3. The van der Waals surface area contributed by atoms with Crippen molar-refractivity contribution in [3.63, 3.8) is 0 Å². The van der Waals surface area contributed by atoms with Crippen LogP contribution >= 0.6 is 12.2 Å². The molecule has 1 N–H and O–H groups in total. The average molecular weight is 445 g/mol. The number of anilines is 1. The summed E-state index contributed by atoms with van der Waals surface area (Å²) < 4.78 is 22.3. The Morgan fingerprint density at radius 3 is 2.44 bits per heavy atom. The average Bonchev–Trinajstić information content (AvgIpc) is 3.44. The molecule has 1 aliphatic rings. The van der Waals surface area contributed by atoms with Crippen molar-refractivity contribution in [2.75, 3.05) is 12.0 Å². The largest absolute Gasteiger partial charge is 0.495 e. The molecule has 2 atom stereocenters. The van der Waals surface area contributed by atoms with Crippen LogP contribution < -0.4 is 15.0 Å². The van der Waals surface area contributed by atoms with Crippen LogP contribution in [0.2, 0.25) is 0 Å². The van der Waals surface area contributed by atoms with E-state index >= 15 is 0 Å². The van der Waals surface area contributed by atoms with Crippen molar-refractivity contribution in [1.29, 1.82) is 0 Å². The first kappa shape index (κ1) is 20.2. The van der Waals surface area contributed by atoms with E-state index in [-0.39, 0.29) is 17.9 Å². The lowest BCUT2D eigenvalue weighted by molar-refractivity contribution is 0.414. The molecule has 2 aromatic carbocycles. The number of pyridine rings is 1. The summed E-state index contributed by atoms with van der Waals surface area (Å²) in [7, 11) is 1.64. The summed E-state index contributed by atoms with van der Waals surface area (Å²) in [5.41, 5.74) is 3.03. The van der Waals surface area contributed by atoms with Crippen molar-refractivity contribution >= 4 is 23.0 Å². The fourth-order valence-corrected chi connectivity index (χ4v) is 4.58. The highest BCUT2D eigenvalue weighted by Crippen LogP contribution is 2.44. The standard InChI is InChI=1S/C25H21FN4OS/c1-31-22-14-5-4-12-20(22)30-24(23(28-25(30)32)18-10-6-7-15-27-18)21-13-8-16-29(21)19-11-3-2-9-17(19)26/h2-16,23-24H,1H3,(H,28,32)/t23-,24-/m0/s1. The van der Waals surface area contributed by atoms with Crippen LogP contribution in [0.1, 0.15) is 23.5 Å². The Labute approximate surface area is 191 Å². The van der Waals surface area contributed by atoms with Gasteiger partial charge in [-0.15, -0.1) is 0 Å². The minimum atomic E-state index is -0.295. The van der Waals surface area contributed by atoms with Crippen molar-refractivity contribution in [2.45, 2.75) is 12.1 Å². The zero-order valence-corrected chi connectivity index (χ0v) is 18.2. The van der Waals surface area contributed by atoms with Gasteiger partial charge in [0.2, 0.25) is 0 Å². The molecule has 32 heavy (non-hydrogen) atoms. The van der Waals surface area contributed by atoms with Gasteiger partial charge in [0.1, 0.15) is 17.6 Å². The molecule has 0 amide bonds. The smallest absolute Gasteiger partial charge is 0.174 e. The van der Waals surface area contributed by atoms with Crippen LogP contribution in [0.15, 0.2) is 91.3 Å². The number of ether oxygens (including phenoxy) is 1. The normalized spacial score (nSPS) is 17.9. The maximum atomic E-state index is 14.7. The molecule has 160 valence electrons. The van der Waals surface area contributed by atoms with Crippen LogP contribution in [0, 0.1) is 5.82 Å². The number of nitrogens with one attached hydrogen (secondary N) is 1. The maximum Gasteiger partial charge on any atom is 0.174 e. The number of halogens is 1. The Balaban J connectivity index is 1.71. The fourth-order valence-electron chi connectivity index (χ4n) is 4.25. The van der Waals surface area contributed by atoms with Crippen LogP contribution in [0.25, 0.3) is 5.69 Å². The number of hydrogen-bond donors (Lipinski definition) is 1. The summed E-state index contributed by atoms with van der Waals surface area (Å²) >= 11 is 5.79. The van der Waals surface area contributed by atoms with Crippen LogP contribution in [0.5, 0.6) is 5.75 Å². The molecular weight excluding hydrogens is 423 g/mol. The van der Waals surface area contributed by atoms with E-state index in [2.05, 4.69) is 10.3 Å². The molecule has 5 nitrogen and oxygen atoms in total. The van der Waals surface area contributed by atoms with E-state index in [4.69, 9.17) is 17.0 Å². The second-order valence-electron chi connectivity index (χ2n) is 7.42. The summed E-state index contributed by atoms with van der Waals surface area (Å²) in [4.78, 5) is 6.61. The second-order valence-corrected chi connectivity index (χ2v) is 7.81. The highest BCUT2D eigenvalue weighted by molar-refractivity contribution is 7.80. The maximum absolute atomic E-state index is 14.7. The van der Waals surface area contributed by atoms with Gasteiger partial charge in [-0.05, 0) is 60.7 Å². The molecule has 7 heteroatoms. The van der Waals surface area contributed by atoms with E-state index in [1.807, 2.05) is 76.3 Å². The SMILES string of the molecule is COc1ccccc1N1C(=S)N[C@@H](c2ccccn2)[C@@H]1c1cccn1-c1ccccc1F. The Morgan fingerprint density at radius 1 is 0.938 bits per heavy atom. The number of para-hydroxylation sites is 3. The molecule has 0 saturated carbocycles. The predicted octanol–water partition coefficient (Wildman–Crippen LogP) is 5.20. The number of rotatable bonds is 5. The summed E-state index contributed by atoms with van der Waals surface area (Å²) in [5, 5.41) is 3.99. The Bertz CT molecular complexity index is 1260. The molecule has 0 spiro atoms. The predicted molar refractivity (Wildman–Crippen MR) is 127 cm³/mol. The molecule has 0 radical (unpaired) electrons. The van der Waals surface area contributed by atoms with Gasteiger partial charge in [0.25, 0.3) is 0 Å². The van der Waals surface area contributed by atoms with Crippen LogP contribution in [-0.2, 0) is 0 Å². The van der Waals surface area contributed by atoms with Gasteiger partial charge in [-0.3, -0.25) is 4.98 Å². The second kappa shape index (κ2) is 8.43. The van der Waals surface area contributed by atoms with Crippen molar-refractivity contribution in [2.24, 2.45) is 0 Å². The van der Waals surface area contributed by atoms with Crippen molar-refractivity contribution in [3.05, 3.63) is 108 Å². The molecule has 0 bridgehead atoms. The molecule has 0 unspecified atom stereocenters. The van der Waals surface area contributed by atoms with E-state index < -0.39 is 0 Å². The number of nitrogens with zero attached hydrogens (tertiary/aromatic N) is 3. The van der Waals surface area contributed by atoms with Gasteiger partial charge in [0.05, 0.1) is 30.2 Å². The molecule has 0 aliphatic carbocycles. The van der Waals surface area contributed by atoms with Gasteiger partial charge >= 0.3 is 0 Å². The van der Waals surface area contributed by atoms with Gasteiger partial charge in [-0.2, -0.15) is 0 Å². The molecule has 1 fully saturated rings. The Kier molecular flexibility index (Phi) is 5.33.